The molecule has 0 saturated heterocycles. The van der Waals surface area contributed by atoms with Gasteiger partial charge in [-0.05, 0) is 36.6 Å². The van der Waals surface area contributed by atoms with Gasteiger partial charge in [-0.2, -0.15) is 0 Å². The van der Waals surface area contributed by atoms with Crippen LogP contribution in [0, 0.1) is 10.1 Å². The molecule has 0 fully saturated rings. The first-order valence-electron chi connectivity index (χ1n) is 6.82. The minimum Gasteiger partial charge on any atom is -0.349 e. The number of aromatic nitrogens is 1. The fourth-order valence-corrected chi connectivity index (χ4v) is 2.36. The normalized spacial score (nSPS) is 12.3. The number of hydrogen-bond acceptors (Lipinski definition) is 3. The van der Waals surface area contributed by atoms with E-state index in [4.69, 9.17) is 17.3 Å². The highest BCUT2D eigenvalue weighted by Gasteiger charge is 2.14. The van der Waals surface area contributed by atoms with E-state index in [1.807, 2.05) is 23.0 Å². The number of rotatable bonds is 6. The number of nitrogens with zero attached hydrogens (tertiary/aromatic N) is 2. The fraction of sp³-hybridized carbons (Fsp3) is 0.333. The largest absolute Gasteiger partial charge is 0.349 e. The van der Waals surface area contributed by atoms with Gasteiger partial charge in [0.25, 0.3) is 5.69 Å². The summed E-state index contributed by atoms with van der Waals surface area (Å²) < 4.78 is 1.92. The maximum atomic E-state index is 11.1. The summed E-state index contributed by atoms with van der Waals surface area (Å²) in [4.78, 5) is 10.7. The van der Waals surface area contributed by atoms with E-state index in [0.717, 1.165) is 18.4 Å². The molecular weight excluding hydrogens is 290 g/mol. The molecule has 6 heteroatoms. The third-order valence-electron chi connectivity index (χ3n) is 3.43. The van der Waals surface area contributed by atoms with Crippen LogP contribution >= 0.6 is 11.6 Å². The SMILES string of the molecule is CCC(N)Cc1ccn(Cc2ccc(Cl)cc2[N+](=O)[O-])c1. The second-order valence-electron chi connectivity index (χ2n) is 5.09. The maximum absolute atomic E-state index is 11.1. The second kappa shape index (κ2) is 6.74. The second-order valence-corrected chi connectivity index (χ2v) is 5.53. The quantitative estimate of drug-likeness (QED) is 0.656. The van der Waals surface area contributed by atoms with E-state index in [-0.39, 0.29) is 11.7 Å². The Morgan fingerprint density at radius 2 is 2.19 bits per heavy atom. The predicted octanol–water partition coefficient (Wildman–Crippen LogP) is 3.38. The summed E-state index contributed by atoms with van der Waals surface area (Å²) in [7, 11) is 0. The Morgan fingerprint density at radius 3 is 2.86 bits per heavy atom. The molecule has 1 aromatic carbocycles. The molecule has 0 aliphatic carbocycles. The summed E-state index contributed by atoms with van der Waals surface area (Å²) in [6.07, 6.45) is 5.63. The number of halogens is 1. The van der Waals surface area contributed by atoms with Gasteiger partial charge in [0, 0.05) is 35.1 Å². The Morgan fingerprint density at radius 1 is 1.43 bits per heavy atom. The topological polar surface area (TPSA) is 74.1 Å². The molecule has 0 saturated carbocycles. The molecule has 2 aromatic rings. The lowest BCUT2D eigenvalue weighted by molar-refractivity contribution is -0.385. The lowest BCUT2D eigenvalue weighted by atomic mass is 10.1. The number of nitro groups is 1. The Labute approximate surface area is 128 Å². The zero-order valence-electron chi connectivity index (χ0n) is 11.8. The van der Waals surface area contributed by atoms with Crippen LogP contribution in [0.25, 0.3) is 0 Å². The van der Waals surface area contributed by atoms with Gasteiger partial charge in [0.2, 0.25) is 0 Å². The van der Waals surface area contributed by atoms with Crippen LogP contribution in [0.4, 0.5) is 5.69 Å². The molecule has 1 atom stereocenters. The van der Waals surface area contributed by atoms with Gasteiger partial charge >= 0.3 is 0 Å². The molecule has 0 amide bonds. The van der Waals surface area contributed by atoms with Gasteiger partial charge < -0.3 is 10.3 Å². The summed E-state index contributed by atoms with van der Waals surface area (Å²) in [5.41, 5.74) is 7.75. The van der Waals surface area contributed by atoms with Crippen LogP contribution in [-0.2, 0) is 13.0 Å². The van der Waals surface area contributed by atoms with E-state index < -0.39 is 4.92 Å². The van der Waals surface area contributed by atoms with Crippen LogP contribution in [0.3, 0.4) is 0 Å². The van der Waals surface area contributed by atoms with Crippen molar-refractivity contribution in [3.8, 4) is 0 Å². The van der Waals surface area contributed by atoms with Crippen molar-refractivity contribution >= 4 is 17.3 Å². The average Bonchev–Trinajstić information content (AvgIpc) is 2.87. The summed E-state index contributed by atoms with van der Waals surface area (Å²) in [6.45, 7) is 2.49. The molecule has 0 radical (unpaired) electrons. The Balaban J connectivity index is 2.17. The van der Waals surface area contributed by atoms with E-state index in [2.05, 4.69) is 6.92 Å². The summed E-state index contributed by atoms with van der Waals surface area (Å²) in [5.74, 6) is 0. The molecule has 1 unspecified atom stereocenters. The van der Waals surface area contributed by atoms with Crippen molar-refractivity contribution in [2.24, 2.45) is 5.73 Å². The summed E-state index contributed by atoms with van der Waals surface area (Å²) in [6, 6.07) is 6.89. The summed E-state index contributed by atoms with van der Waals surface area (Å²) in [5, 5.41) is 11.4. The average molecular weight is 308 g/mol. The molecule has 0 spiro atoms. The van der Waals surface area contributed by atoms with E-state index in [9.17, 15) is 10.1 Å². The molecule has 0 aliphatic rings. The van der Waals surface area contributed by atoms with Gasteiger partial charge in [-0.3, -0.25) is 10.1 Å². The van der Waals surface area contributed by atoms with Crippen LogP contribution < -0.4 is 5.73 Å². The molecule has 112 valence electrons. The van der Waals surface area contributed by atoms with E-state index in [0.29, 0.717) is 17.1 Å². The van der Waals surface area contributed by atoms with Crippen molar-refractivity contribution in [1.29, 1.82) is 0 Å². The first-order chi connectivity index (χ1) is 9.99. The van der Waals surface area contributed by atoms with Crippen LogP contribution in [0.2, 0.25) is 5.02 Å². The van der Waals surface area contributed by atoms with Crippen molar-refractivity contribution in [3.63, 3.8) is 0 Å². The zero-order valence-corrected chi connectivity index (χ0v) is 12.6. The van der Waals surface area contributed by atoms with Gasteiger partial charge in [-0.1, -0.05) is 18.5 Å². The van der Waals surface area contributed by atoms with Crippen molar-refractivity contribution in [2.45, 2.75) is 32.4 Å². The van der Waals surface area contributed by atoms with Crippen LogP contribution in [0.15, 0.2) is 36.7 Å². The van der Waals surface area contributed by atoms with Gasteiger partial charge in [0.05, 0.1) is 11.5 Å². The van der Waals surface area contributed by atoms with Gasteiger partial charge in [0.1, 0.15) is 0 Å². The van der Waals surface area contributed by atoms with Crippen molar-refractivity contribution in [2.75, 3.05) is 0 Å². The number of hydrogen-bond donors (Lipinski definition) is 1. The van der Waals surface area contributed by atoms with Gasteiger partial charge in [-0.25, -0.2) is 0 Å². The summed E-state index contributed by atoms with van der Waals surface area (Å²) >= 11 is 5.82. The standard InChI is InChI=1S/C15H18ClN3O2/c1-2-14(17)7-11-5-6-18(9-11)10-12-3-4-13(16)8-15(12)19(20)21/h3-6,8-9,14H,2,7,10,17H2,1H3. The van der Waals surface area contributed by atoms with Gasteiger partial charge in [-0.15, -0.1) is 0 Å². The van der Waals surface area contributed by atoms with E-state index in [1.54, 1.807) is 12.1 Å². The van der Waals surface area contributed by atoms with E-state index >= 15 is 0 Å². The number of nitrogens with two attached hydrogens (primary N) is 1. The monoisotopic (exact) mass is 307 g/mol. The molecule has 21 heavy (non-hydrogen) atoms. The highest BCUT2D eigenvalue weighted by Crippen LogP contribution is 2.24. The zero-order chi connectivity index (χ0) is 15.4. The molecule has 2 rings (SSSR count). The minimum atomic E-state index is -0.404. The molecule has 0 aliphatic heterocycles. The first-order valence-corrected chi connectivity index (χ1v) is 7.20. The fourth-order valence-electron chi connectivity index (χ4n) is 2.19. The highest BCUT2D eigenvalue weighted by molar-refractivity contribution is 6.30. The van der Waals surface area contributed by atoms with Crippen molar-refractivity contribution < 1.29 is 4.92 Å². The third-order valence-corrected chi connectivity index (χ3v) is 3.67. The lowest BCUT2D eigenvalue weighted by Crippen LogP contribution is -2.21. The smallest absolute Gasteiger partial charge is 0.275 e. The van der Waals surface area contributed by atoms with Crippen LogP contribution in [-0.4, -0.2) is 15.5 Å². The molecular formula is C15H18ClN3O2. The highest BCUT2D eigenvalue weighted by atomic mass is 35.5. The van der Waals surface area contributed by atoms with Gasteiger partial charge in [0.15, 0.2) is 0 Å². The minimum absolute atomic E-state index is 0.0445. The lowest BCUT2D eigenvalue weighted by Gasteiger charge is -2.07. The Kier molecular flexibility index (Phi) is 4.98. The Hall–Kier alpha value is -1.85. The van der Waals surface area contributed by atoms with E-state index in [1.165, 1.54) is 6.07 Å². The molecule has 1 heterocycles. The van der Waals surface area contributed by atoms with Crippen LogP contribution in [0.5, 0.6) is 0 Å². The third kappa shape index (κ3) is 4.06. The predicted molar refractivity (Wildman–Crippen MR) is 83.6 cm³/mol. The van der Waals surface area contributed by atoms with Crippen LogP contribution in [0.1, 0.15) is 24.5 Å². The number of benzene rings is 1. The molecule has 0 bridgehead atoms. The van der Waals surface area contributed by atoms with Crippen molar-refractivity contribution in [1.82, 2.24) is 4.57 Å². The van der Waals surface area contributed by atoms with Crippen molar-refractivity contribution in [3.05, 3.63) is 62.9 Å². The molecule has 1 aromatic heterocycles. The molecule has 5 nitrogen and oxygen atoms in total. The maximum Gasteiger partial charge on any atom is 0.275 e. The number of nitro benzene ring substituents is 1. The first kappa shape index (κ1) is 15.5. The molecule has 2 N–H and O–H groups in total. The Bertz CT molecular complexity index is 640.